The third-order valence-electron chi connectivity index (χ3n) is 4.22. The van der Waals surface area contributed by atoms with Crippen molar-refractivity contribution in [1.82, 2.24) is 5.32 Å². The molecule has 0 saturated carbocycles. The number of hydrogen-bond donors (Lipinski definition) is 1. The molecule has 0 spiro atoms. The fraction of sp³-hybridized carbons (Fsp3) is 0.625. The van der Waals surface area contributed by atoms with Gasteiger partial charge < -0.3 is 10.1 Å². The Labute approximate surface area is 110 Å². The largest absolute Gasteiger partial charge is 0.375 e. The van der Waals surface area contributed by atoms with Crippen LogP contribution >= 0.6 is 0 Å². The second-order valence-electron chi connectivity index (χ2n) is 5.97. The van der Waals surface area contributed by atoms with Crippen molar-refractivity contribution in [1.29, 1.82) is 0 Å². The fourth-order valence-corrected chi connectivity index (χ4v) is 3.55. The highest BCUT2D eigenvalue weighted by Crippen LogP contribution is 2.25. The minimum absolute atomic E-state index is 0.398. The Hall–Kier alpha value is -0.860. The monoisotopic (exact) mass is 245 g/mol. The molecule has 2 atom stereocenters. The molecule has 0 radical (unpaired) electrons. The van der Waals surface area contributed by atoms with Gasteiger partial charge in [0.2, 0.25) is 0 Å². The van der Waals surface area contributed by atoms with Crippen LogP contribution in [0, 0.1) is 0 Å². The van der Waals surface area contributed by atoms with Gasteiger partial charge in [-0.05, 0) is 50.7 Å². The Morgan fingerprint density at radius 2 is 1.50 bits per heavy atom. The zero-order valence-corrected chi connectivity index (χ0v) is 11.4. The van der Waals surface area contributed by atoms with Crippen LogP contribution < -0.4 is 5.32 Å². The van der Waals surface area contributed by atoms with Crippen LogP contribution in [0.5, 0.6) is 0 Å². The highest BCUT2D eigenvalue weighted by Gasteiger charge is 2.28. The van der Waals surface area contributed by atoms with Gasteiger partial charge in [-0.1, -0.05) is 24.3 Å². The zero-order chi connectivity index (χ0) is 12.5. The molecule has 1 N–H and O–H groups in total. The van der Waals surface area contributed by atoms with Crippen LogP contribution in [0.25, 0.3) is 0 Å². The van der Waals surface area contributed by atoms with Gasteiger partial charge in [0.05, 0.1) is 12.2 Å². The smallest absolute Gasteiger partial charge is 0.0565 e. The molecular formula is C16H23NO. The van der Waals surface area contributed by atoms with Crippen molar-refractivity contribution < 1.29 is 4.74 Å². The molecule has 2 aliphatic rings. The van der Waals surface area contributed by atoms with Gasteiger partial charge in [-0.3, -0.25) is 0 Å². The van der Waals surface area contributed by atoms with E-state index in [1.807, 2.05) is 0 Å². The lowest BCUT2D eigenvalue weighted by Crippen LogP contribution is -2.46. The Balaban J connectivity index is 1.59. The maximum absolute atomic E-state index is 5.80. The predicted molar refractivity (Wildman–Crippen MR) is 73.8 cm³/mol. The molecule has 2 unspecified atom stereocenters. The van der Waals surface area contributed by atoms with Crippen LogP contribution in [0.1, 0.15) is 37.8 Å². The first-order valence-corrected chi connectivity index (χ1v) is 7.19. The molecule has 1 heterocycles. The molecule has 1 saturated heterocycles. The lowest BCUT2D eigenvalue weighted by Gasteiger charge is -2.34. The van der Waals surface area contributed by atoms with E-state index in [9.17, 15) is 0 Å². The second-order valence-corrected chi connectivity index (χ2v) is 5.97. The Morgan fingerprint density at radius 1 is 0.944 bits per heavy atom. The van der Waals surface area contributed by atoms with Crippen molar-refractivity contribution in [2.24, 2.45) is 0 Å². The molecule has 0 aromatic heterocycles. The highest BCUT2D eigenvalue weighted by atomic mass is 16.5. The molecule has 3 rings (SSSR count). The quantitative estimate of drug-likeness (QED) is 0.865. The van der Waals surface area contributed by atoms with Gasteiger partial charge in [0.25, 0.3) is 0 Å². The van der Waals surface area contributed by atoms with Gasteiger partial charge in [0.1, 0.15) is 0 Å². The first-order valence-electron chi connectivity index (χ1n) is 7.19. The molecule has 98 valence electrons. The van der Waals surface area contributed by atoms with Gasteiger partial charge in [-0.2, -0.15) is 0 Å². The van der Waals surface area contributed by atoms with Crippen LogP contribution in [-0.4, -0.2) is 24.3 Å². The second kappa shape index (κ2) is 5.02. The summed E-state index contributed by atoms with van der Waals surface area (Å²) < 4.78 is 5.80. The van der Waals surface area contributed by atoms with Crippen LogP contribution in [0.4, 0.5) is 0 Å². The van der Waals surface area contributed by atoms with E-state index >= 15 is 0 Å². The number of ether oxygens (including phenoxy) is 1. The Morgan fingerprint density at radius 3 is 2.06 bits per heavy atom. The molecule has 1 aliphatic carbocycles. The van der Waals surface area contributed by atoms with E-state index in [1.165, 1.54) is 24.0 Å². The van der Waals surface area contributed by atoms with E-state index in [0.29, 0.717) is 24.3 Å². The van der Waals surface area contributed by atoms with Gasteiger partial charge in [-0.25, -0.2) is 0 Å². The minimum atomic E-state index is 0.398. The van der Waals surface area contributed by atoms with Crippen molar-refractivity contribution in [2.45, 2.75) is 63.8 Å². The fourth-order valence-electron chi connectivity index (χ4n) is 3.55. The van der Waals surface area contributed by atoms with Gasteiger partial charge in [0.15, 0.2) is 0 Å². The van der Waals surface area contributed by atoms with Gasteiger partial charge in [-0.15, -0.1) is 0 Å². The van der Waals surface area contributed by atoms with E-state index in [2.05, 4.69) is 43.4 Å². The molecule has 0 bridgehead atoms. The molecule has 2 heteroatoms. The van der Waals surface area contributed by atoms with E-state index in [1.54, 1.807) is 0 Å². The Bertz CT molecular complexity index is 382. The van der Waals surface area contributed by atoms with Crippen molar-refractivity contribution in [3.8, 4) is 0 Å². The molecular weight excluding hydrogens is 222 g/mol. The first-order chi connectivity index (χ1) is 8.70. The summed E-state index contributed by atoms with van der Waals surface area (Å²) in [4.78, 5) is 0. The molecule has 18 heavy (non-hydrogen) atoms. The third kappa shape index (κ3) is 2.60. The topological polar surface area (TPSA) is 21.3 Å². The number of rotatable bonds is 2. The van der Waals surface area contributed by atoms with Crippen LogP contribution in [0.2, 0.25) is 0 Å². The SMILES string of the molecule is CC1CC(NC2Cc3ccccc3C2)CC(C)O1. The number of benzene rings is 1. The average Bonchev–Trinajstić information content (AvgIpc) is 2.69. The number of hydrogen-bond acceptors (Lipinski definition) is 2. The summed E-state index contributed by atoms with van der Waals surface area (Å²) in [5.74, 6) is 0. The van der Waals surface area contributed by atoms with E-state index in [0.717, 1.165) is 12.8 Å². The van der Waals surface area contributed by atoms with Crippen molar-refractivity contribution in [3.63, 3.8) is 0 Å². The summed E-state index contributed by atoms with van der Waals surface area (Å²) in [6.07, 6.45) is 5.48. The third-order valence-corrected chi connectivity index (χ3v) is 4.22. The maximum Gasteiger partial charge on any atom is 0.0565 e. The maximum atomic E-state index is 5.80. The van der Waals surface area contributed by atoms with Crippen molar-refractivity contribution in [3.05, 3.63) is 35.4 Å². The van der Waals surface area contributed by atoms with Gasteiger partial charge >= 0.3 is 0 Å². The average molecular weight is 245 g/mol. The first kappa shape index (κ1) is 12.2. The Kier molecular flexibility index (Phi) is 3.40. The van der Waals surface area contributed by atoms with Crippen molar-refractivity contribution in [2.75, 3.05) is 0 Å². The molecule has 1 aromatic carbocycles. The molecule has 0 amide bonds. The summed E-state index contributed by atoms with van der Waals surface area (Å²) in [6.45, 7) is 4.38. The summed E-state index contributed by atoms with van der Waals surface area (Å²) in [7, 11) is 0. The van der Waals surface area contributed by atoms with Crippen LogP contribution in [-0.2, 0) is 17.6 Å². The van der Waals surface area contributed by atoms with Crippen LogP contribution in [0.3, 0.4) is 0 Å². The summed E-state index contributed by atoms with van der Waals surface area (Å²) in [6, 6.07) is 10.1. The van der Waals surface area contributed by atoms with Gasteiger partial charge in [0, 0.05) is 12.1 Å². The normalized spacial score (nSPS) is 32.4. The lowest BCUT2D eigenvalue weighted by molar-refractivity contribution is -0.0434. The predicted octanol–water partition coefficient (Wildman–Crippen LogP) is 2.70. The molecule has 1 aromatic rings. The van der Waals surface area contributed by atoms with Crippen LogP contribution in [0.15, 0.2) is 24.3 Å². The molecule has 1 fully saturated rings. The summed E-state index contributed by atoms with van der Waals surface area (Å²) in [5.41, 5.74) is 3.06. The zero-order valence-electron chi connectivity index (χ0n) is 11.4. The van der Waals surface area contributed by atoms with E-state index in [4.69, 9.17) is 4.74 Å². The standard InChI is InChI=1S/C16H23NO/c1-11-7-15(8-12(2)18-11)17-16-9-13-5-3-4-6-14(13)10-16/h3-6,11-12,15-17H,7-10H2,1-2H3. The molecule has 2 nitrogen and oxygen atoms in total. The number of nitrogens with one attached hydrogen (secondary N) is 1. The van der Waals surface area contributed by atoms with E-state index in [-0.39, 0.29) is 0 Å². The molecule has 1 aliphatic heterocycles. The lowest BCUT2D eigenvalue weighted by atomic mass is 9.98. The number of fused-ring (bicyclic) bond motifs is 1. The summed E-state index contributed by atoms with van der Waals surface area (Å²) in [5, 5.41) is 3.85. The van der Waals surface area contributed by atoms with E-state index < -0.39 is 0 Å². The minimum Gasteiger partial charge on any atom is -0.375 e. The summed E-state index contributed by atoms with van der Waals surface area (Å²) >= 11 is 0. The van der Waals surface area contributed by atoms with Crippen molar-refractivity contribution >= 4 is 0 Å². The highest BCUT2D eigenvalue weighted by molar-refractivity contribution is 5.33.